The molecule has 2 aromatic rings. The van der Waals surface area contributed by atoms with Crippen LogP contribution in [-0.4, -0.2) is 24.1 Å². The zero-order chi connectivity index (χ0) is 14.4. The molecule has 0 amide bonds. The molecule has 0 aliphatic rings. The molecule has 0 saturated carbocycles. The molecule has 104 valence electrons. The van der Waals surface area contributed by atoms with Crippen molar-refractivity contribution in [2.24, 2.45) is 5.73 Å². The number of ketones is 1. The molecule has 0 saturated heterocycles. The molecule has 3 N–H and O–H groups in total. The SMILES string of the molecule is N[C@@H](CS)CNc1cccc(C(=O)c2ccccc2)c1. The van der Waals surface area contributed by atoms with Gasteiger partial charge in [0.25, 0.3) is 0 Å². The quantitative estimate of drug-likeness (QED) is 0.565. The van der Waals surface area contributed by atoms with Crippen LogP contribution in [0.2, 0.25) is 0 Å². The predicted molar refractivity (Wildman–Crippen MR) is 86.6 cm³/mol. The third-order valence-corrected chi connectivity index (χ3v) is 3.43. The Hall–Kier alpha value is -1.78. The van der Waals surface area contributed by atoms with Gasteiger partial charge in [0.15, 0.2) is 5.78 Å². The molecule has 0 fully saturated rings. The fourth-order valence-corrected chi connectivity index (χ4v) is 1.97. The Morgan fingerprint density at radius 3 is 2.50 bits per heavy atom. The molecule has 4 heteroatoms. The normalized spacial score (nSPS) is 11.9. The van der Waals surface area contributed by atoms with Crippen LogP contribution in [0.25, 0.3) is 0 Å². The van der Waals surface area contributed by atoms with Crippen molar-refractivity contribution in [2.75, 3.05) is 17.6 Å². The molecule has 0 aromatic heterocycles. The first-order chi connectivity index (χ1) is 9.70. The van der Waals surface area contributed by atoms with Gasteiger partial charge in [0.1, 0.15) is 0 Å². The molecule has 0 aliphatic heterocycles. The van der Waals surface area contributed by atoms with Crippen molar-refractivity contribution >= 4 is 24.1 Å². The Kier molecular flexibility index (Phi) is 5.21. The van der Waals surface area contributed by atoms with Crippen LogP contribution in [0.5, 0.6) is 0 Å². The summed E-state index contributed by atoms with van der Waals surface area (Å²) in [6, 6.07) is 16.7. The number of benzene rings is 2. The van der Waals surface area contributed by atoms with Crippen molar-refractivity contribution < 1.29 is 4.79 Å². The first kappa shape index (κ1) is 14.6. The standard InChI is InChI=1S/C16H18N2OS/c17-14(11-20)10-18-15-8-4-7-13(9-15)16(19)12-5-2-1-3-6-12/h1-9,14,18,20H,10-11,17H2/t14-/m1/s1. The van der Waals surface area contributed by atoms with Gasteiger partial charge in [-0.3, -0.25) is 4.79 Å². The van der Waals surface area contributed by atoms with E-state index in [0.29, 0.717) is 23.4 Å². The summed E-state index contributed by atoms with van der Waals surface area (Å²) in [5.41, 5.74) is 8.06. The van der Waals surface area contributed by atoms with Crippen LogP contribution in [0.4, 0.5) is 5.69 Å². The van der Waals surface area contributed by atoms with Gasteiger partial charge in [-0.15, -0.1) is 0 Å². The summed E-state index contributed by atoms with van der Waals surface area (Å²) in [4.78, 5) is 12.3. The van der Waals surface area contributed by atoms with E-state index in [1.165, 1.54) is 0 Å². The molecule has 20 heavy (non-hydrogen) atoms. The summed E-state index contributed by atoms with van der Waals surface area (Å²) in [6.45, 7) is 0.631. The Bertz CT molecular complexity index is 572. The molecule has 0 bridgehead atoms. The second-order valence-corrected chi connectivity index (χ2v) is 4.96. The minimum atomic E-state index is -0.00758. The van der Waals surface area contributed by atoms with Crippen molar-refractivity contribution in [1.82, 2.24) is 0 Å². The van der Waals surface area contributed by atoms with Crippen LogP contribution in [0, 0.1) is 0 Å². The number of carbonyl (C=O) groups is 1. The molecule has 0 heterocycles. The summed E-state index contributed by atoms with van der Waals surface area (Å²) < 4.78 is 0. The van der Waals surface area contributed by atoms with Crippen molar-refractivity contribution in [2.45, 2.75) is 6.04 Å². The number of nitrogens with two attached hydrogens (primary N) is 1. The first-order valence-electron chi connectivity index (χ1n) is 6.51. The van der Waals surface area contributed by atoms with Gasteiger partial charge in [-0.1, -0.05) is 42.5 Å². The fourth-order valence-electron chi connectivity index (χ4n) is 1.84. The zero-order valence-corrected chi connectivity index (χ0v) is 12.0. The van der Waals surface area contributed by atoms with Gasteiger partial charge in [0.2, 0.25) is 0 Å². The lowest BCUT2D eigenvalue weighted by molar-refractivity contribution is 0.103. The van der Waals surface area contributed by atoms with Crippen molar-refractivity contribution in [3.63, 3.8) is 0 Å². The predicted octanol–water partition coefficient (Wildman–Crippen LogP) is 2.59. The number of carbonyl (C=O) groups excluding carboxylic acids is 1. The number of nitrogens with one attached hydrogen (secondary N) is 1. The monoisotopic (exact) mass is 286 g/mol. The molecule has 3 nitrogen and oxygen atoms in total. The Balaban J connectivity index is 2.11. The van der Waals surface area contributed by atoms with Gasteiger partial charge in [0, 0.05) is 35.2 Å². The minimum Gasteiger partial charge on any atom is -0.383 e. The van der Waals surface area contributed by atoms with Gasteiger partial charge < -0.3 is 11.1 Å². The smallest absolute Gasteiger partial charge is 0.193 e. The van der Waals surface area contributed by atoms with Crippen LogP contribution in [0.15, 0.2) is 54.6 Å². The maximum absolute atomic E-state index is 12.3. The minimum absolute atomic E-state index is 0.00758. The molecule has 1 atom stereocenters. The highest BCUT2D eigenvalue weighted by molar-refractivity contribution is 7.80. The number of hydrogen-bond acceptors (Lipinski definition) is 4. The molecule has 0 spiro atoms. The van der Waals surface area contributed by atoms with Crippen LogP contribution < -0.4 is 11.1 Å². The van der Waals surface area contributed by atoms with Crippen LogP contribution in [0.1, 0.15) is 15.9 Å². The van der Waals surface area contributed by atoms with E-state index in [2.05, 4.69) is 17.9 Å². The number of rotatable bonds is 6. The third kappa shape index (κ3) is 3.85. The number of thiol groups is 1. The summed E-state index contributed by atoms with van der Waals surface area (Å²) in [7, 11) is 0. The Labute approximate surface area is 124 Å². The van der Waals surface area contributed by atoms with E-state index in [1.807, 2.05) is 54.6 Å². The highest BCUT2D eigenvalue weighted by Crippen LogP contribution is 2.14. The Morgan fingerprint density at radius 2 is 1.80 bits per heavy atom. The van der Waals surface area contributed by atoms with Crippen molar-refractivity contribution in [3.8, 4) is 0 Å². The summed E-state index contributed by atoms with van der Waals surface area (Å²) in [5, 5.41) is 3.22. The summed E-state index contributed by atoms with van der Waals surface area (Å²) in [5.74, 6) is 0.642. The van der Waals surface area contributed by atoms with Crippen molar-refractivity contribution in [3.05, 3.63) is 65.7 Å². The second-order valence-electron chi connectivity index (χ2n) is 4.60. The van der Waals surface area contributed by atoms with Crippen molar-refractivity contribution in [1.29, 1.82) is 0 Å². The lowest BCUT2D eigenvalue weighted by Gasteiger charge is -2.12. The molecule has 2 rings (SSSR count). The summed E-state index contributed by atoms with van der Waals surface area (Å²) in [6.07, 6.45) is 0. The number of anilines is 1. The van der Waals surface area contributed by atoms with Gasteiger partial charge in [0.05, 0.1) is 0 Å². The van der Waals surface area contributed by atoms with Crippen LogP contribution in [0.3, 0.4) is 0 Å². The average Bonchev–Trinajstić information content (AvgIpc) is 2.53. The van der Waals surface area contributed by atoms with E-state index in [9.17, 15) is 4.79 Å². The van der Waals surface area contributed by atoms with Gasteiger partial charge >= 0.3 is 0 Å². The number of hydrogen-bond donors (Lipinski definition) is 3. The zero-order valence-electron chi connectivity index (χ0n) is 11.1. The highest BCUT2D eigenvalue weighted by atomic mass is 32.1. The largest absolute Gasteiger partial charge is 0.383 e. The molecule has 0 aliphatic carbocycles. The van der Waals surface area contributed by atoms with E-state index in [4.69, 9.17) is 5.73 Å². The molecular formula is C16H18N2OS. The molecule has 2 aromatic carbocycles. The maximum atomic E-state index is 12.3. The topological polar surface area (TPSA) is 55.1 Å². The van der Waals surface area contributed by atoms with E-state index in [-0.39, 0.29) is 11.8 Å². The highest BCUT2D eigenvalue weighted by Gasteiger charge is 2.09. The van der Waals surface area contributed by atoms with E-state index >= 15 is 0 Å². The van der Waals surface area contributed by atoms with E-state index in [1.54, 1.807) is 0 Å². The first-order valence-corrected chi connectivity index (χ1v) is 7.14. The van der Waals surface area contributed by atoms with Gasteiger partial charge in [-0.2, -0.15) is 12.6 Å². The lowest BCUT2D eigenvalue weighted by atomic mass is 10.0. The van der Waals surface area contributed by atoms with Gasteiger partial charge in [-0.05, 0) is 12.1 Å². The van der Waals surface area contributed by atoms with Gasteiger partial charge in [-0.25, -0.2) is 0 Å². The summed E-state index contributed by atoms with van der Waals surface area (Å²) >= 11 is 4.14. The molecule has 0 unspecified atom stereocenters. The fraction of sp³-hybridized carbons (Fsp3) is 0.188. The molecular weight excluding hydrogens is 268 g/mol. The van der Waals surface area contributed by atoms with Crippen LogP contribution in [-0.2, 0) is 0 Å². The average molecular weight is 286 g/mol. The lowest BCUT2D eigenvalue weighted by Crippen LogP contribution is -2.30. The van der Waals surface area contributed by atoms with E-state index < -0.39 is 0 Å². The van der Waals surface area contributed by atoms with Crippen LogP contribution >= 0.6 is 12.6 Å². The van der Waals surface area contributed by atoms with E-state index in [0.717, 1.165) is 5.69 Å². The Morgan fingerprint density at radius 1 is 1.10 bits per heavy atom. The maximum Gasteiger partial charge on any atom is 0.193 e. The molecule has 0 radical (unpaired) electrons. The third-order valence-electron chi connectivity index (χ3n) is 2.96. The second kappa shape index (κ2) is 7.12.